The summed E-state index contributed by atoms with van der Waals surface area (Å²) >= 11 is 0. The van der Waals surface area contributed by atoms with Crippen LogP contribution in [0.25, 0.3) is 0 Å². The molecule has 110 valence electrons. The van der Waals surface area contributed by atoms with Gasteiger partial charge in [-0.05, 0) is 44.5 Å². The molecule has 1 aliphatic heterocycles. The fourth-order valence-corrected chi connectivity index (χ4v) is 2.83. The van der Waals surface area contributed by atoms with Gasteiger partial charge in [0.05, 0.1) is 5.56 Å². The van der Waals surface area contributed by atoms with Crippen molar-refractivity contribution < 1.29 is 9.18 Å². The Morgan fingerprint density at radius 3 is 2.90 bits per heavy atom. The summed E-state index contributed by atoms with van der Waals surface area (Å²) in [4.78, 5) is 16.4. The Kier molecular flexibility index (Phi) is 4.76. The normalized spacial score (nSPS) is 19.3. The van der Waals surface area contributed by atoms with Crippen LogP contribution >= 0.6 is 0 Å². The number of benzene rings is 1. The molecule has 3 nitrogen and oxygen atoms in total. The summed E-state index contributed by atoms with van der Waals surface area (Å²) in [6.07, 6.45) is 1.11. The molecule has 1 fully saturated rings. The van der Waals surface area contributed by atoms with Gasteiger partial charge in [-0.3, -0.25) is 4.79 Å². The van der Waals surface area contributed by atoms with Gasteiger partial charge >= 0.3 is 0 Å². The Bertz CT molecular complexity index is 489. The molecule has 20 heavy (non-hydrogen) atoms. The van der Waals surface area contributed by atoms with Crippen molar-refractivity contribution in [1.29, 1.82) is 0 Å². The molecule has 0 aromatic heterocycles. The van der Waals surface area contributed by atoms with Crippen molar-refractivity contribution in [2.45, 2.75) is 20.3 Å². The predicted molar refractivity (Wildman–Crippen MR) is 78.3 cm³/mol. The van der Waals surface area contributed by atoms with E-state index >= 15 is 0 Å². The summed E-state index contributed by atoms with van der Waals surface area (Å²) in [5, 5.41) is 0. The van der Waals surface area contributed by atoms with Gasteiger partial charge in [-0.25, -0.2) is 4.39 Å². The number of carbonyl (C=O) groups excluding carboxylic acids is 1. The third-order valence-electron chi connectivity index (χ3n) is 4.05. The van der Waals surface area contributed by atoms with Gasteiger partial charge in [-0.1, -0.05) is 18.6 Å². The molecule has 1 heterocycles. The summed E-state index contributed by atoms with van der Waals surface area (Å²) in [5.41, 5.74) is 1.08. The molecule has 1 saturated heterocycles. The molecule has 0 radical (unpaired) electrons. The van der Waals surface area contributed by atoms with Crippen molar-refractivity contribution in [2.24, 2.45) is 5.92 Å². The van der Waals surface area contributed by atoms with E-state index in [-0.39, 0.29) is 11.5 Å². The fraction of sp³-hybridized carbons (Fsp3) is 0.562. The Labute approximate surface area is 120 Å². The molecule has 0 spiro atoms. The lowest BCUT2D eigenvalue weighted by Gasteiger charge is -2.22. The molecule has 0 aliphatic carbocycles. The quantitative estimate of drug-likeness (QED) is 0.845. The SMILES string of the molecule is CCN1CCC(CN(C)C(=O)c2cc(C)ccc2F)C1. The zero-order valence-corrected chi connectivity index (χ0v) is 12.5. The van der Waals surface area contributed by atoms with Crippen LogP contribution < -0.4 is 0 Å². The molecule has 0 bridgehead atoms. The lowest BCUT2D eigenvalue weighted by Crippen LogP contribution is -2.33. The molecule has 1 unspecified atom stereocenters. The zero-order chi connectivity index (χ0) is 14.7. The average molecular weight is 278 g/mol. The van der Waals surface area contributed by atoms with Crippen molar-refractivity contribution in [2.75, 3.05) is 33.2 Å². The van der Waals surface area contributed by atoms with E-state index in [4.69, 9.17) is 0 Å². The first-order valence-corrected chi connectivity index (χ1v) is 7.25. The Morgan fingerprint density at radius 2 is 2.25 bits per heavy atom. The maximum absolute atomic E-state index is 13.8. The van der Waals surface area contributed by atoms with Crippen LogP contribution in [0.2, 0.25) is 0 Å². The molecule has 0 N–H and O–H groups in total. The summed E-state index contributed by atoms with van der Waals surface area (Å²) in [6, 6.07) is 4.67. The predicted octanol–water partition coefficient (Wildman–Crippen LogP) is 2.55. The summed E-state index contributed by atoms with van der Waals surface area (Å²) in [6.45, 7) is 7.90. The second kappa shape index (κ2) is 6.35. The van der Waals surface area contributed by atoms with E-state index < -0.39 is 5.82 Å². The van der Waals surface area contributed by atoms with Crippen LogP contribution in [-0.2, 0) is 0 Å². The van der Waals surface area contributed by atoms with Gasteiger partial charge in [-0.2, -0.15) is 0 Å². The van der Waals surface area contributed by atoms with Gasteiger partial charge in [-0.15, -0.1) is 0 Å². The first kappa shape index (κ1) is 15.0. The standard InChI is InChI=1S/C16H23FN2O/c1-4-19-8-7-13(11-19)10-18(3)16(20)14-9-12(2)5-6-15(14)17/h5-6,9,13H,4,7-8,10-11H2,1-3H3. The summed E-state index contributed by atoms with van der Waals surface area (Å²) in [5.74, 6) is -0.160. The van der Waals surface area contributed by atoms with Gasteiger partial charge in [0.2, 0.25) is 0 Å². The van der Waals surface area contributed by atoms with Crippen LogP contribution in [0.4, 0.5) is 4.39 Å². The Hall–Kier alpha value is -1.42. The highest BCUT2D eigenvalue weighted by Gasteiger charge is 2.25. The third-order valence-corrected chi connectivity index (χ3v) is 4.05. The molecular formula is C16H23FN2O. The number of halogens is 1. The van der Waals surface area contributed by atoms with Gasteiger partial charge in [0.15, 0.2) is 0 Å². The smallest absolute Gasteiger partial charge is 0.256 e. The van der Waals surface area contributed by atoms with E-state index in [1.807, 2.05) is 6.92 Å². The molecule has 1 aromatic rings. The zero-order valence-electron chi connectivity index (χ0n) is 12.5. The number of amides is 1. The maximum Gasteiger partial charge on any atom is 0.256 e. The monoisotopic (exact) mass is 278 g/mol. The minimum Gasteiger partial charge on any atom is -0.341 e. The average Bonchev–Trinajstić information content (AvgIpc) is 2.88. The molecule has 4 heteroatoms. The van der Waals surface area contributed by atoms with E-state index in [0.717, 1.165) is 31.6 Å². The van der Waals surface area contributed by atoms with Gasteiger partial charge in [0.25, 0.3) is 5.91 Å². The van der Waals surface area contributed by atoms with Crippen molar-refractivity contribution in [3.63, 3.8) is 0 Å². The summed E-state index contributed by atoms with van der Waals surface area (Å²) in [7, 11) is 1.76. The summed E-state index contributed by atoms with van der Waals surface area (Å²) < 4.78 is 13.8. The van der Waals surface area contributed by atoms with Gasteiger partial charge in [0.1, 0.15) is 5.82 Å². The first-order chi connectivity index (χ1) is 9.51. The van der Waals surface area contributed by atoms with Crippen LogP contribution in [0.3, 0.4) is 0 Å². The van der Waals surface area contributed by atoms with Crippen molar-refractivity contribution in [1.82, 2.24) is 9.80 Å². The van der Waals surface area contributed by atoms with Crippen molar-refractivity contribution in [3.8, 4) is 0 Å². The maximum atomic E-state index is 13.8. The lowest BCUT2D eigenvalue weighted by molar-refractivity contribution is 0.0769. The number of carbonyl (C=O) groups is 1. The number of hydrogen-bond acceptors (Lipinski definition) is 2. The minimum atomic E-state index is -0.436. The van der Waals surface area contributed by atoms with E-state index in [1.165, 1.54) is 6.07 Å². The molecule has 1 atom stereocenters. The highest BCUT2D eigenvalue weighted by Crippen LogP contribution is 2.18. The number of aryl methyl sites for hydroxylation is 1. The molecule has 0 saturated carbocycles. The van der Waals surface area contributed by atoms with Crippen molar-refractivity contribution in [3.05, 3.63) is 35.1 Å². The molecule has 2 rings (SSSR count). The Morgan fingerprint density at radius 1 is 1.50 bits per heavy atom. The molecular weight excluding hydrogens is 255 g/mol. The second-order valence-electron chi connectivity index (χ2n) is 5.72. The number of likely N-dealkylation sites (tertiary alicyclic amines) is 1. The molecule has 1 aliphatic rings. The lowest BCUT2D eigenvalue weighted by atomic mass is 10.1. The van der Waals surface area contributed by atoms with Crippen LogP contribution in [0.5, 0.6) is 0 Å². The second-order valence-corrected chi connectivity index (χ2v) is 5.72. The third kappa shape index (κ3) is 3.37. The highest BCUT2D eigenvalue weighted by atomic mass is 19.1. The van der Waals surface area contributed by atoms with Crippen LogP contribution in [0.1, 0.15) is 29.3 Å². The van der Waals surface area contributed by atoms with Crippen LogP contribution in [0, 0.1) is 18.7 Å². The number of nitrogens with zero attached hydrogens (tertiary/aromatic N) is 2. The fourth-order valence-electron chi connectivity index (χ4n) is 2.83. The van der Waals surface area contributed by atoms with Crippen LogP contribution in [-0.4, -0.2) is 48.9 Å². The number of rotatable bonds is 4. The molecule has 1 amide bonds. The highest BCUT2D eigenvalue weighted by molar-refractivity contribution is 5.94. The van der Waals surface area contributed by atoms with E-state index in [1.54, 1.807) is 24.1 Å². The molecule has 1 aromatic carbocycles. The van der Waals surface area contributed by atoms with Crippen molar-refractivity contribution >= 4 is 5.91 Å². The van der Waals surface area contributed by atoms with E-state index in [0.29, 0.717) is 12.5 Å². The van der Waals surface area contributed by atoms with Gasteiger partial charge in [0, 0.05) is 20.1 Å². The number of hydrogen-bond donors (Lipinski definition) is 0. The van der Waals surface area contributed by atoms with E-state index in [2.05, 4.69) is 11.8 Å². The van der Waals surface area contributed by atoms with Gasteiger partial charge < -0.3 is 9.80 Å². The topological polar surface area (TPSA) is 23.6 Å². The minimum absolute atomic E-state index is 0.179. The first-order valence-electron chi connectivity index (χ1n) is 7.25. The Balaban J connectivity index is 2.00. The largest absolute Gasteiger partial charge is 0.341 e. The van der Waals surface area contributed by atoms with Crippen LogP contribution in [0.15, 0.2) is 18.2 Å². The van der Waals surface area contributed by atoms with E-state index in [9.17, 15) is 9.18 Å².